The van der Waals surface area contributed by atoms with Gasteiger partial charge >= 0.3 is 0 Å². The summed E-state index contributed by atoms with van der Waals surface area (Å²) in [6.45, 7) is 4.28. The summed E-state index contributed by atoms with van der Waals surface area (Å²) in [6.07, 6.45) is 2.83. The third kappa shape index (κ3) is 1.80. The Labute approximate surface area is 67.0 Å². The van der Waals surface area contributed by atoms with E-state index in [0.717, 1.165) is 12.1 Å². The number of aromatic amines is 1. The molecule has 3 heteroatoms. The monoisotopic (exact) mass is 153 g/mol. The van der Waals surface area contributed by atoms with Crippen LogP contribution < -0.4 is 5.73 Å². The van der Waals surface area contributed by atoms with E-state index in [1.807, 2.05) is 6.07 Å². The number of nitrogens with zero attached hydrogens (tertiary/aromatic N) is 1. The highest BCUT2D eigenvalue weighted by Gasteiger charge is 2.13. The Morgan fingerprint density at radius 3 is 2.91 bits per heavy atom. The molecule has 3 nitrogen and oxygen atoms in total. The standard InChI is InChI=1S/C8H15N3/c1-3-6(2)8(9)7-4-5-10-11-7/h4-6,8H,3,9H2,1-2H3,(H,10,11)/t6-,8-/m0/s1. The molecule has 1 aromatic heterocycles. The van der Waals surface area contributed by atoms with Gasteiger partial charge in [0.05, 0.1) is 5.69 Å². The van der Waals surface area contributed by atoms with Crippen molar-refractivity contribution in [2.45, 2.75) is 26.3 Å². The quantitative estimate of drug-likeness (QED) is 0.690. The zero-order chi connectivity index (χ0) is 8.27. The van der Waals surface area contributed by atoms with Crippen molar-refractivity contribution >= 4 is 0 Å². The van der Waals surface area contributed by atoms with Crippen LogP contribution in [0.3, 0.4) is 0 Å². The van der Waals surface area contributed by atoms with Crippen LogP contribution in [-0.4, -0.2) is 10.2 Å². The molecule has 11 heavy (non-hydrogen) atoms. The first-order chi connectivity index (χ1) is 5.25. The molecule has 0 aliphatic rings. The third-order valence-corrected chi connectivity index (χ3v) is 2.14. The molecule has 0 spiro atoms. The van der Waals surface area contributed by atoms with Crippen molar-refractivity contribution in [3.05, 3.63) is 18.0 Å². The number of aromatic nitrogens is 2. The molecule has 0 radical (unpaired) electrons. The summed E-state index contributed by atoms with van der Waals surface area (Å²) in [5, 5.41) is 6.73. The summed E-state index contributed by atoms with van der Waals surface area (Å²) in [5.74, 6) is 0.510. The lowest BCUT2D eigenvalue weighted by molar-refractivity contribution is 0.448. The van der Waals surface area contributed by atoms with Gasteiger partial charge in [-0.1, -0.05) is 20.3 Å². The van der Waals surface area contributed by atoms with Crippen LogP contribution in [0.5, 0.6) is 0 Å². The van der Waals surface area contributed by atoms with E-state index < -0.39 is 0 Å². The second-order valence-corrected chi connectivity index (χ2v) is 2.92. The van der Waals surface area contributed by atoms with E-state index in [1.165, 1.54) is 0 Å². The van der Waals surface area contributed by atoms with Crippen LogP contribution in [-0.2, 0) is 0 Å². The number of hydrogen-bond acceptors (Lipinski definition) is 2. The van der Waals surface area contributed by atoms with Crippen molar-refractivity contribution in [3.8, 4) is 0 Å². The molecule has 0 saturated heterocycles. The van der Waals surface area contributed by atoms with Crippen molar-refractivity contribution in [2.75, 3.05) is 0 Å². The fourth-order valence-corrected chi connectivity index (χ4v) is 1.01. The van der Waals surface area contributed by atoms with Crippen LogP contribution in [0.1, 0.15) is 32.0 Å². The van der Waals surface area contributed by atoms with Gasteiger partial charge in [-0.3, -0.25) is 5.10 Å². The number of hydrogen-bond donors (Lipinski definition) is 2. The molecule has 1 aromatic rings. The van der Waals surface area contributed by atoms with Gasteiger partial charge in [0.15, 0.2) is 0 Å². The fourth-order valence-electron chi connectivity index (χ4n) is 1.01. The van der Waals surface area contributed by atoms with Gasteiger partial charge in [-0.05, 0) is 12.0 Å². The normalized spacial score (nSPS) is 16.3. The summed E-state index contributed by atoms with van der Waals surface area (Å²) in [7, 11) is 0. The smallest absolute Gasteiger partial charge is 0.0522 e. The van der Waals surface area contributed by atoms with Crippen LogP contribution in [0.15, 0.2) is 12.3 Å². The molecule has 0 aliphatic heterocycles. The molecule has 2 atom stereocenters. The predicted molar refractivity (Wildman–Crippen MR) is 45.0 cm³/mol. The molecule has 1 rings (SSSR count). The minimum Gasteiger partial charge on any atom is -0.322 e. The van der Waals surface area contributed by atoms with Crippen LogP contribution >= 0.6 is 0 Å². The summed E-state index contributed by atoms with van der Waals surface area (Å²) < 4.78 is 0. The second kappa shape index (κ2) is 3.53. The summed E-state index contributed by atoms with van der Waals surface area (Å²) in [5.41, 5.74) is 6.95. The van der Waals surface area contributed by atoms with Gasteiger partial charge < -0.3 is 5.73 Å². The predicted octanol–water partition coefficient (Wildman–Crippen LogP) is 1.46. The zero-order valence-corrected chi connectivity index (χ0v) is 7.04. The molecule has 3 N–H and O–H groups in total. The molecule has 0 fully saturated rings. The summed E-state index contributed by atoms with van der Waals surface area (Å²) in [4.78, 5) is 0. The molecule has 0 aromatic carbocycles. The highest BCUT2D eigenvalue weighted by Crippen LogP contribution is 2.18. The average molecular weight is 153 g/mol. The van der Waals surface area contributed by atoms with Gasteiger partial charge in [0.2, 0.25) is 0 Å². The molecule has 1 heterocycles. The zero-order valence-electron chi connectivity index (χ0n) is 7.04. The van der Waals surface area contributed by atoms with Crippen molar-refractivity contribution < 1.29 is 0 Å². The highest BCUT2D eigenvalue weighted by atomic mass is 15.1. The number of H-pyrrole nitrogens is 1. The Kier molecular flexibility index (Phi) is 2.65. The number of nitrogens with two attached hydrogens (primary N) is 1. The minimum atomic E-state index is 0.0995. The highest BCUT2D eigenvalue weighted by molar-refractivity contribution is 5.04. The average Bonchev–Trinajstić information content (AvgIpc) is 2.53. The van der Waals surface area contributed by atoms with E-state index in [1.54, 1.807) is 6.20 Å². The SMILES string of the molecule is CC[C@H](C)[C@H](N)c1ccn[nH]1. The van der Waals surface area contributed by atoms with Crippen molar-refractivity contribution in [1.82, 2.24) is 10.2 Å². The van der Waals surface area contributed by atoms with E-state index >= 15 is 0 Å². The van der Waals surface area contributed by atoms with Gasteiger partial charge in [0.1, 0.15) is 0 Å². The maximum Gasteiger partial charge on any atom is 0.0522 e. The lowest BCUT2D eigenvalue weighted by Gasteiger charge is -2.15. The van der Waals surface area contributed by atoms with Crippen LogP contribution in [0.2, 0.25) is 0 Å². The van der Waals surface area contributed by atoms with Crippen LogP contribution in [0, 0.1) is 5.92 Å². The molecule has 0 unspecified atom stereocenters. The van der Waals surface area contributed by atoms with Crippen LogP contribution in [0.4, 0.5) is 0 Å². The minimum absolute atomic E-state index is 0.0995. The van der Waals surface area contributed by atoms with Gasteiger partial charge in [-0.2, -0.15) is 5.10 Å². The molecular weight excluding hydrogens is 138 g/mol. The summed E-state index contributed by atoms with van der Waals surface area (Å²) >= 11 is 0. The van der Waals surface area contributed by atoms with E-state index in [-0.39, 0.29) is 6.04 Å². The molecule has 0 aliphatic carbocycles. The van der Waals surface area contributed by atoms with Crippen molar-refractivity contribution in [1.29, 1.82) is 0 Å². The number of rotatable bonds is 3. The molecule has 0 saturated carbocycles. The summed E-state index contributed by atoms with van der Waals surface area (Å²) in [6, 6.07) is 2.03. The maximum atomic E-state index is 5.92. The van der Waals surface area contributed by atoms with E-state index in [9.17, 15) is 0 Å². The largest absolute Gasteiger partial charge is 0.322 e. The third-order valence-electron chi connectivity index (χ3n) is 2.14. The van der Waals surface area contributed by atoms with E-state index in [0.29, 0.717) is 5.92 Å². The molecule has 0 bridgehead atoms. The Morgan fingerprint density at radius 2 is 2.45 bits per heavy atom. The Balaban J connectivity index is 2.62. The fraction of sp³-hybridized carbons (Fsp3) is 0.625. The first-order valence-electron chi connectivity index (χ1n) is 4.00. The first-order valence-corrected chi connectivity index (χ1v) is 4.00. The van der Waals surface area contributed by atoms with Crippen molar-refractivity contribution in [2.24, 2.45) is 11.7 Å². The lowest BCUT2D eigenvalue weighted by Crippen LogP contribution is -2.18. The second-order valence-electron chi connectivity index (χ2n) is 2.92. The van der Waals surface area contributed by atoms with Gasteiger partial charge in [0, 0.05) is 12.2 Å². The molecule has 62 valence electrons. The lowest BCUT2D eigenvalue weighted by atomic mass is 9.98. The van der Waals surface area contributed by atoms with Crippen molar-refractivity contribution in [3.63, 3.8) is 0 Å². The number of nitrogens with one attached hydrogen (secondary N) is 1. The topological polar surface area (TPSA) is 54.7 Å². The Bertz CT molecular complexity index is 193. The molecular formula is C8H15N3. The van der Waals surface area contributed by atoms with Gasteiger partial charge in [-0.15, -0.1) is 0 Å². The Hall–Kier alpha value is -0.830. The first kappa shape index (κ1) is 8.27. The van der Waals surface area contributed by atoms with Crippen LogP contribution in [0.25, 0.3) is 0 Å². The maximum absolute atomic E-state index is 5.92. The van der Waals surface area contributed by atoms with E-state index in [4.69, 9.17) is 5.73 Å². The molecule has 0 amide bonds. The van der Waals surface area contributed by atoms with Gasteiger partial charge in [-0.25, -0.2) is 0 Å². The van der Waals surface area contributed by atoms with E-state index in [2.05, 4.69) is 24.0 Å². The Morgan fingerprint density at radius 1 is 1.73 bits per heavy atom. The van der Waals surface area contributed by atoms with Gasteiger partial charge in [0.25, 0.3) is 0 Å².